The number of ether oxygens (including phenoxy) is 1. The Bertz CT molecular complexity index is 423. The van der Waals surface area contributed by atoms with Gasteiger partial charge in [0.05, 0.1) is 6.10 Å². The number of carbonyl (C=O) groups is 1. The summed E-state index contributed by atoms with van der Waals surface area (Å²) in [5, 5.41) is 9.03. The van der Waals surface area contributed by atoms with Gasteiger partial charge < -0.3 is 9.84 Å². The van der Waals surface area contributed by atoms with Crippen molar-refractivity contribution in [3.63, 3.8) is 0 Å². The number of carboxylic acid groups (broad SMARTS) is 1. The predicted molar refractivity (Wildman–Crippen MR) is 65.5 cm³/mol. The van der Waals surface area contributed by atoms with E-state index in [9.17, 15) is 9.18 Å². The summed E-state index contributed by atoms with van der Waals surface area (Å²) in [6.45, 7) is 0. The van der Waals surface area contributed by atoms with E-state index in [1.807, 2.05) is 0 Å². The van der Waals surface area contributed by atoms with Gasteiger partial charge in [-0.05, 0) is 37.8 Å². The fraction of sp³-hybridized carbons (Fsp3) is 0.500. The van der Waals surface area contributed by atoms with E-state index in [-0.39, 0.29) is 17.4 Å². The molecule has 18 heavy (non-hydrogen) atoms. The minimum atomic E-state index is -1.15. The number of carboxylic acids is 1. The molecule has 0 aromatic heterocycles. The third-order valence-corrected chi connectivity index (χ3v) is 3.28. The molecule has 1 N–H and O–H groups in total. The molecule has 0 amide bonds. The summed E-state index contributed by atoms with van der Waals surface area (Å²) >= 11 is 0. The van der Waals surface area contributed by atoms with Crippen molar-refractivity contribution < 1.29 is 19.0 Å². The SMILES string of the molecule is O=C(O)c1cccc(F)c1OC1CCCCCC1. The lowest BCUT2D eigenvalue weighted by Crippen LogP contribution is -2.18. The van der Waals surface area contributed by atoms with Crippen LogP contribution in [0.2, 0.25) is 0 Å². The molecule has 3 nitrogen and oxygen atoms in total. The molecule has 0 spiro atoms. The molecule has 0 atom stereocenters. The van der Waals surface area contributed by atoms with Crippen LogP contribution in [0.5, 0.6) is 5.75 Å². The van der Waals surface area contributed by atoms with Gasteiger partial charge in [0, 0.05) is 0 Å². The van der Waals surface area contributed by atoms with Crippen molar-refractivity contribution >= 4 is 5.97 Å². The second-order valence-electron chi connectivity index (χ2n) is 4.65. The molecule has 1 aliphatic rings. The lowest BCUT2D eigenvalue weighted by atomic mass is 10.1. The first-order valence-corrected chi connectivity index (χ1v) is 6.37. The summed E-state index contributed by atoms with van der Waals surface area (Å²) in [7, 11) is 0. The molecule has 1 fully saturated rings. The molecule has 0 heterocycles. The van der Waals surface area contributed by atoms with Gasteiger partial charge in [0.1, 0.15) is 5.56 Å². The van der Waals surface area contributed by atoms with Gasteiger partial charge >= 0.3 is 5.97 Å². The molecular formula is C14H17FO3. The van der Waals surface area contributed by atoms with E-state index in [0.29, 0.717) is 0 Å². The van der Waals surface area contributed by atoms with Crippen molar-refractivity contribution in [1.82, 2.24) is 0 Å². The first kappa shape index (κ1) is 12.9. The molecule has 1 aromatic rings. The fourth-order valence-corrected chi connectivity index (χ4v) is 2.32. The molecule has 0 aliphatic heterocycles. The number of rotatable bonds is 3. The molecule has 0 unspecified atom stereocenters. The largest absolute Gasteiger partial charge is 0.486 e. The van der Waals surface area contributed by atoms with Crippen molar-refractivity contribution in [3.05, 3.63) is 29.6 Å². The number of para-hydroxylation sites is 1. The van der Waals surface area contributed by atoms with Gasteiger partial charge in [-0.1, -0.05) is 18.9 Å². The standard InChI is InChI=1S/C14H17FO3/c15-12-9-5-8-11(14(16)17)13(12)18-10-6-3-1-2-4-7-10/h5,8-10H,1-4,6-7H2,(H,16,17). The zero-order valence-electron chi connectivity index (χ0n) is 10.2. The van der Waals surface area contributed by atoms with E-state index in [2.05, 4.69) is 0 Å². The number of halogens is 1. The maximum atomic E-state index is 13.7. The van der Waals surface area contributed by atoms with E-state index < -0.39 is 11.8 Å². The van der Waals surface area contributed by atoms with Crippen LogP contribution in [-0.4, -0.2) is 17.2 Å². The number of hydrogen-bond acceptors (Lipinski definition) is 2. The Morgan fingerprint density at radius 3 is 2.50 bits per heavy atom. The summed E-state index contributed by atoms with van der Waals surface area (Å²) in [4.78, 5) is 11.0. The molecule has 0 bridgehead atoms. The van der Waals surface area contributed by atoms with Gasteiger partial charge in [-0.25, -0.2) is 9.18 Å². The predicted octanol–water partition coefficient (Wildman–Crippen LogP) is 3.63. The highest BCUT2D eigenvalue weighted by Crippen LogP contribution is 2.28. The monoisotopic (exact) mass is 252 g/mol. The maximum absolute atomic E-state index is 13.7. The Morgan fingerprint density at radius 1 is 1.22 bits per heavy atom. The van der Waals surface area contributed by atoms with E-state index in [1.165, 1.54) is 31.0 Å². The zero-order valence-corrected chi connectivity index (χ0v) is 10.2. The summed E-state index contributed by atoms with van der Waals surface area (Å²) in [5.41, 5.74) is -0.0979. The number of benzene rings is 1. The molecule has 4 heteroatoms. The lowest BCUT2D eigenvalue weighted by Gasteiger charge is -2.18. The van der Waals surface area contributed by atoms with Crippen LogP contribution in [0.4, 0.5) is 4.39 Å². The molecule has 1 aromatic carbocycles. The van der Waals surface area contributed by atoms with Gasteiger partial charge in [0.2, 0.25) is 0 Å². The van der Waals surface area contributed by atoms with Crippen LogP contribution in [0.3, 0.4) is 0 Å². The highest BCUT2D eigenvalue weighted by atomic mass is 19.1. The average Bonchev–Trinajstić information content (AvgIpc) is 2.60. The van der Waals surface area contributed by atoms with E-state index in [4.69, 9.17) is 9.84 Å². The van der Waals surface area contributed by atoms with Crippen LogP contribution >= 0.6 is 0 Å². The van der Waals surface area contributed by atoms with Crippen molar-refractivity contribution in [2.24, 2.45) is 0 Å². The minimum absolute atomic E-state index is 0.0671. The highest BCUT2D eigenvalue weighted by molar-refractivity contribution is 5.90. The van der Waals surface area contributed by atoms with Crippen LogP contribution in [0.25, 0.3) is 0 Å². The summed E-state index contributed by atoms with van der Waals surface area (Å²) < 4.78 is 19.3. The summed E-state index contributed by atoms with van der Waals surface area (Å²) in [5.74, 6) is -1.87. The van der Waals surface area contributed by atoms with E-state index in [1.54, 1.807) is 0 Å². The van der Waals surface area contributed by atoms with Gasteiger partial charge in [0.15, 0.2) is 11.6 Å². The summed E-state index contributed by atoms with van der Waals surface area (Å²) in [6.07, 6.45) is 6.12. The normalized spacial score (nSPS) is 17.2. The van der Waals surface area contributed by atoms with Crippen LogP contribution in [0.15, 0.2) is 18.2 Å². The summed E-state index contributed by atoms with van der Waals surface area (Å²) in [6, 6.07) is 3.99. The molecule has 1 aliphatic carbocycles. The molecule has 98 valence electrons. The van der Waals surface area contributed by atoms with E-state index >= 15 is 0 Å². The van der Waals surface area contributed by atoms with Crippen molar-refractivity contribution in [1.29, 1.82) is 0 Å². The van der Waals surface area contributed by atoms with Crippen LogP contribution in [0, 0.1) is 5.82 Å². The van der Waals surface area contributed by atoms with Crippen molar-refractivity contribution in [3.8, 4) is 5.75 Å². The van der Waals surface area contributed by atoms with Crippen LogP contribution in [-0.2, 0) is 0 Å². The molecule has 1 saturated carbocycles. The van der Waals surface area contributed by atoms with Crippen molar-refractivity contribution in [2.45, 2.75) is 44.6 Å². The average molecular weight is 252 g/mol. The second-order valence-corrected chi connectivity index (χ2v) is 4.65. The van der Waals surface area contributed by atoms with Crippen LogP contribution in [0.1, 0.15) is 48.9 Å². The Morgan fingerprint density at radius 2 is 1.89 bits per heavy atom. The van der Waals surface area contributed by atoms with Gasteiger partial charge in [0.25, 0.3) is 0 Å². The van der Waals surface area contributed by atoms with Crippen molar-refractivity contribution in [2.75, 3.05) is 0 Å². The Labute approximate surface area is 106 Å². The maximum Gasteiger partial charge on any atom is 0.339 e. The van der Waals surface area contributed by atoms with E-state index in [0.717, 1.165) is 25.7 Å². The fourth-order valence-electron chi connectivity index (χ4n) is 2.32. The highest BCUT2D eigenvalue weighted by Gasteiger charge is 2.20. The molecular weight excluding hydrogens is 235 g/mol. The Kier molecular flexibility index (Phi) is 4.18. The third kappa shape index (κ3) is 3.00. The Balaban J connectivity index is 2.19. The van der Waals surface area contributed by atoms with Gasteiger partial charge in [-0.15, -0.1) is 0 Å². The minimum Gasteiger partial charge on any atom is -0.486 e. The molecule has 2 rings (SSSR count). The second kappa shape index (κ2) is 5.85. The Hall–Kier alpha value is -1.58. The quantitative estimate of drug-likeness (QED) is 0.836. The number of aromatic carboxylic acids is 1. The van der Waals surface area contributed by atoms with Gasteiger partial charge in [-0.3, -0.25) is 0 Å². The third-order valence-electron chi connectivity index (χ3n) is 3.28. The lowest BCUT2D eigenvalue weighted by molar-refractivity contribution is 0.0686. The van der Waals surface area contributed by atoms with Gasteiger partial charge in [-0.2, -0.15) is 0 Å². The topological polar surface area (TPSA) is 46.5 Å². The first-order chi connectivity index (χ1) is 8.68. The molecule has 0 saturated heterocycles. The first-order valence-electron chi connectivity index (χ1n) is 6.37. The van der Waals surface area contributed by atoms with Crippen LogP contribution < -0.4 is 4.74 Å². The molecule has 0 radical (unpaired) electrons. The zero-order chi connectivity index (χ0) is 13.0. The number of hydrogen-bond donors (Lipinski definition) is 1. The smallest absolute Gasteiger partial charge is 0.339 e.